The van der Waals surface area contributed by atoms with Gasteiger partial charge in [-0.15, -0.1) is 0 Å². The molecule has 0 amide bonds. The minimum atomic E-state index is -0.684. The third-order valence-corrected chi connectivity index (χ3v) is 4.19. The van der Waals surface area contributed by atoms with E-state index in [1.807, 2.05) is 4.90 Å². The van der Waals surface area contributed by atoms with Crippen LogP contribution in [0.25, 0.3) is 0 Å². The van der Waals surface area contributed by atoms with E-state index in [4.69, 9.17) is 9.47 Å². The van der Waals surface area contributed by atoms with Gasteiger partial charge in [0.2, 0.25) is 11.7 Å². The summed E-state index contributed by atoms with van der Waals surface area (Å²) in [5.74, 6) is 0.0309. The Labute approximate surface area is 167 Å². The molecule has 3 rings (SSSR count). The van der Waals surface area contributed by atoms with Crippen molar-refractivity contribution in [3.8, 4) is 11.8 Å². The summed E-state index contributed by atoms with van der Waals surface area (Å²) in [6, 6.07) is 2.79. The van der Waals surface area contributed by atoms with Gasteiger partial charge >= 0.3 is 11.7 Å². The molecule has 0 saturated carbocycles. The first kappa shape index (κ1) is 19.7. The predicted octanol–water partition coefficient (Wildman–Crippen LogP) is 1.54. The van der Waals surface area contributed by atoms with Gasteiger partial charge in [-0.05, 0) is 6.07 Å². The number of halogens is 1. The number of nitrogens with one attached hydrogen (secondary N) is 1. The van der Waals surface area contributed by atoms with E-state index in [-0.39, 0.29) is 17.5 Å². The average Bonchev–Trinajstić information content (AvgIpc) is 2.70. The number of methoxy groups -OCH3 is 1. The third kappa shape index (κ3) is 4.61. The number of hydrogen-bond acceptors (Lipinski definition) is 11. The number of rotatable bonds is 6. The predicted molar refractivity (Wildman–Crippen MR) is 103 cm³/mol. The quantitative estimate of drug-likeness (QED) is 0.374. The maximum absolute atomic E-state index is 11.0. The number of ether oxygens (including phenoxy) is 2. The maximum Gasteiger partial charge on any atom is 0.322 e. The van der Waals surface area contributed by atoms with E-state index in [1.165, 1.54) is 25.5 Å². The molecule has 1 aromatic heterocycles. The van der Waals surface area contributed by atoms with Crippen molar-refractivity contribution in [3.63, 3.8) is 0 Å². The lowest BCUT2D eigenvalue weighted by atomic mass is 10.2. The Kier molecular flexibility index (Phi) is 6.16. The van der Waals surface area contributed by atoms with E-state index >= 15 is 0 Å². The van der Waals surface area contributed by atoms with Crippen molar-refractivity contribution in [2.75, 3.05) is 43.7 Å². The molecule has 13 heteroatoms. The monoisotopic (exact) mass is 453 g/mol. The first-order valence-electron chi connectivity index (χ1n) is 8.06. The minimum absolute atomic E-state index is 0.107. The molecule has 1 aliphatic heterocycles. The molecule has 0 radical (unpaired) electrons. The smallest absolute Gasteiger partial charge is 0.322 e. The molecular formula is C15H16BrN7O5. The number of aromatic hydroxyl groups is 1. The van der Waals surface area contributed by atoms with Crippen molar-refractivity contribution in [1.29, 1.82) is 0 Å². The number of anilines is 2. The van der Waals surface area contributed by atoms with Gasteiger partial charge in [0, 0.05) is 29.2 Å². The average molecular weight is 454 g/mol. The number of aromatic nitrogens is 3. The SMILES string of the molecule is COc1nc(N/N=C/c2cc(Br)cc([N+](=O)[O-])c2O)nc(N2CCOCC2)n1. The maximum atomic E-state index is 11.0. The second-order valence-corrected chi connectivity index (χ2v) is 6.45. The zero-order valence-corrected chi connectivity index (χ0v) is 16.3. The van der Waals surface area contributed by atoms with Crippen LogP contribution in [0.2, 0.25) is 0 Å². The van der Waals surface area contributed by atoms with E-state index in [9.17, 15) is 15.2 Å². The van der Waals surface area contributed by atoms with Crippen molar-refractivity contribution in [2.45, 2.75) is 0 Å². The number of hydrazone groups is 1. The fraction of sp³-hybridized carbons (Fsp3) is 0.333. The number of nitro groups is 1. The van der Waals surface area contributed by atoms with Gasteiger partial charge in [-0.3, -0.25) is 10.1 Å². The van der Waals surface area contributed by atoms with Gasteiger partial charge in [0.1, 0.15) is 0 Å². The second kappa shape index (κ2) is 8.75. The zero-order chi connectivity index (χ0) is 20.1. The molecule has 0 unspecified atom stereocenters. The van der Waals surface area contributed by atoms with Crippen LogP contribution in [0, 0.1) is 10.1 Å². The molecule has 1 fully saturated rings. The van der Waals surface area contributed by atoms with Crippen molar-refractivity contribution in [2.24, 2.45) is 5.10 Å². The van der Waals surface area contributed by atoms with Gasteiger partial charge in [-0.25, -0.2) is 5.43 Å². The van der Waals surface area contributed by atoms with Crippen molar-refractivity contribution >= 4 is 39.7 Å². The molecule has 148 valence electrons. The van der Waals surface area contributed by atoms with Gasteiger partial charge in [0.05, 0.1) is 31.5 Å². The molecule has 0 atom stereocenters. The van der Waals surface area contributed by atoms with Crippen LogP contribution in [0.5, 0.6) is 11.8 Å². The number of nitrogens with zero attached hydrogens (tertiary/aromatic N) is 6. The van der Waals surface area contributed by atoms with Crippen LogP contribution in [0.3, 0.4) is 0 Å². The summed E-state index contributed by atoms with van der Waals surface area (Å²) < 4.78 is 10.8. The Morgan fingerprint density at radius 1 is 1.39 bits per heavy atom. The van der Waals surface area contributed by atoms with Gasteiger partial charge in [0.25, 0.3) is 5.95 Å². The van der Waals surface area contributed by atoms with Crippen LogP contribution in [-0.4, -0.2) is 64.6 Å². The Hall–Kier alpha value is -3.06. The molecule has 2 heterocycles. The van der Waals surface area contributed by atoms with Crippen molar-refractivity contribution in [1.82, 2.24) is 15.0 Å². The van der Waals surface area contributed by atoms with Crippen LogP contribution in [0.15, 0.2) is 21.7 Å². The first-order valence-corrected chi connectivity index (χ1v) is 8.86. The molecule has 1 aliphatic rings. The molecule has 2 aromatic rings. The Morgan fingerprint density at radius 3 is 2.82 bits per heavy atom. The molecule has 1 aromatic carbocycles. The molecular weight excluding hydrogens is 438 g/mol. The van der Waals surface area contributed by atoms with Crippen LogP contribution in [0.1, 0.15) is 5.56 Å². The molecule has 2 N–H and O–H groups in total. The number of phenolic OH excluding ortho intramolecular Hbond substituents is 1. The highest BCUT2D eigenvalue weighted by atomic mass is 79.9. The fourth-order valence-corrected chi connectivity index (χ4v) is 2.86. The number of phenols is 1. The Morgan fingerprint density at radius 2 is 2.14 bits per heavy atom. The van der Waals surface area contributed by atoms with Crippen LogP contribution in [-0.2, 0) is 4.74 Å². The van der Waals surface area contributed by atoms with Crippen LogP contribution in [0.4, 0.5) is 17.6 Å². The van der Waals surface area contributed by atoms with E-state index < -0.39 is 16.4 Å². The normalized spacial score (nSPS) is 14.3. The Bertz CT molecular complexity index is 905. The van der Waals surface area contributed by atoms with Crippen LogP contribution >= 0.6 is 15.9 Å². The van der Waals surface area contributed by atoms with Gasteiger partial charge in [0.15, 0.2) is 0 Å². The van der Waals surface area contributed by atoms with Gasteiger partial charge in [-0.1, -0.05) is 15.9 Å². The largest absolute Gasteiger partial charge is 0.502 e. The highest BCUT2D eigenvalue weighted by molar-refractivity contribution is 9.10. The third-order valence-electron chi connectivity index (χ3n) is 3.73. The lowest BCUT2D eigenvalue weighted by Gasteiger charge is -2.26. The molecule has 0 bridgehead atoms. The number of nitro benzene ring substituents is 1. The second-order valence-electron chi connectivity index (χ2n) is 5.53. The summed E-state index contributed by atoms with van der Waals surface area (Å²) in [6.07, 6.45) is 1.22. The van der Waals surface area contributed by atoms with Crippen molar-refractivity contribution in [3.05, 3.63) is 32.3 Å². The van der Waals surface area contributed by atoms with E-state index in [2.05, 4.69) is 41.4 Å². The Balaban J connectivity index is 1.81. The van der Waals surface area contributed by atoms with Gasteiger partial charge in [-0.2, -0.15) is 20.1 Å². The minimum Gasteiger partial charge on any atom is -0.502 e. The van der Waals surface area contributed by atoms with Crippen LogP contribution < -0.4 is 15.1 Å². The summed E-state index contributed by atoms with van der Waals surface area (Å²) >= 11 is 3.16. The number of hydrogen-bond donors (Lipinski definition) is 2. The summed E-state index contributed by atoms with van der Waals surface area (Å²) in [5, 5.41) is 25.0. The lowest BCUT2D eigenvalue weighted by Crippen LogP contribution is -2.37. The summed E-state index contributed by atoms with van der Waals surface area (Å²) in [6.45, 7) is 2.39. The highest BCUT2D eigenvalue weighted by Gasteiger charge is 2.18. The van der Waals surface area contributed by atoms with Crippen molar-refractivity contribution < 1.29 is 19.5 Å². The first-order chi connectivity index (χ1) is 13.5. The molecule has 0 spiro atoms. The topological polar surface area (TPSA) is 148 Å². The lowest BCUT2D eigenvalue weighted by molar-refractivity contribution is -0.385. The van der Waals surface area contributed by atoms with E-state index in [0.29, 0.717) is 36.7 Å². The molecule has 0 aliphatic carbocycles. The van der Waals surface area contributed by atoms with Gasteiger partial charge < -0.3 is 19.5 Å². The van der Waals surface area contributed by atoms with E-state index in [1.54, 1.807) is 0 Å². The molecule has 1 saturated heterocycles. The molecule has 12 nitrogen and oxygen atoms in total. The molecule has 28 heavy (non-hydrogen) atoms. The zero-order valence-electron chi connectivity index (χ0n) is 14.7. The fourth-order valence-electron chi connectivity index (χ4n) is 2.39. The van der Waals surface area contributed by atoms with E-state index in [0.717, 1.165) is 0 Å². The highest BCUT2D eigenvalue weighted by Crippen LogP contribution is 2.32. The number of morpholine rings is 1. The number of benzene rings is 1. The summed E-state index contributed by atoms with van der Waals surface area (Å²) in [7, 11) is 1.43. The summed E-state index contributed by atoms with van der Waals surface area (Å²) in [4.78, 5) is 24.8. The summed E-state index contributed by atoms with van der Waals surface area (Å²) in [5.41, 5.74) is 2.32. The standard InChI is InChI=1S/C15H16BrN7O5/c1-27-15-19-13(18-14(20-15)22-2-4-28-5-3-22)21-17-8-9-6-10(16)7-11(12(9)24)23(25)26/h6-8,24H,2-5H2,1H3,(H,18,19,20,21)/b17-8+.